The van der Waals surface area contributed by atoms with Crippen molar-refractivity contribution in [1.29, 1.82) is 0 Å². The van der Waals surface area contributed by atoms with Crippen LogP contribution in [0, 0.1) is 6.92 Å². The van der Waals surface area contributed by atoms with E-state index < -0.39 is 0 Å². The fourth-order valence-electron chi connectivity index (χ4n) is 1.90. The molecule has 20 heavy (non-hydrogen) atoms. The number of aromatic nitrogens is 2. The van der Waals surface area contributed by atoms with E-state index >= 15 is 0 Å². The van der Waals surface area contributed by atoms with Crippen LogP contribution in [0.15, 0.2) is 17.6 Å². The number of nitrogens with two attached hydrogens (primary N) is 1. The Morgan fingerprint density at radius 3 is 2.80 bits per heavy atom. The molecule has 1 amide bonds. The summed E-state index contributed by atoms with van der Waals surface area (Å²) in [7, 11) is 1.78. The predicted molar refractivity (Wildman–Crippen MR) is 80.7 cm³/mol. The van der Waals surface area contributed by atoms with Crippen LogP contribution in [0.1, 0.15) is 33.5 Å². The summed E-state index contributed by atoms with van der Waals surface area (Å²) >= 11 is 1.56. The van der Waals surface area contributed by atoms with Gasteiger partial charge in [0, 0.05) is 23.2 Å². The Kier molecular flexibility index (Phi) is 4.34. The smallest absolute Gasteiger partial charge is 0.254 e. The third-order valence-corrected chi connectivity index (χ3v) is 4.00. The lowest BCUT2D eigenvalue weighted by Gasteiger charge is -2.17. The summed E-state index contributed by atoms with van der Waals surface area (Å²) < 4.78 is 0. The van der Waals surface area contributed by atoms with Crippen LogP contribution in [-0.2, 0) is 13.0 Å². The number of hydrogen-bond acceptors (Lipinski definition) is 5. The van der Waals surface area contributed by atoms with Crippen LogP contribution in [0.5, 0.6) is 0 Å². The number of nitrogens with zero attached hydrogens (tertiary/aromatic N) is 3. The van der Waals surface area contributed by atoms with Gasteiger partial charge in [-0.1, -0.05) is 6.92 Å². The number of thiazole rings is 1. The maximum Gasteiger partial charge on any atom is 0.254 e. The van der Waals surface area contributed by atoms with Crippen LogP contribution in [0.2, 0.25) is 0 Å². The summed E-state index contributed by atoms with van der Waals surface area (Å²) in [6, 6.07) is 3.42. The molecule has 6 heteroatoms. The SMILES string of the molecule is CCc1cc(C(=O)N(C)Cc2scnc2C)cc(N)n1. The zero-order valence-electron chi connectivity index (χ0n) is 11.9. The first-order valence-corrected chi connectivity index (χ1v) is 7.30. The number of anilines is 1. The molecule has 0 aromatic carbocycles. The van der Waals surface area contributed by atoms with Gasteiger partial charge in [0.25, 0.3) is 5.91 Å². The van der Waals surface area contributed by atoms with Gasteiger partial charge >= 0.3 is 0 Å². The molecule has 0 aliphatic heterocycles. The van der Waals surface area contributed by atoms with Crippen molar-refractivity contribution >= 4 is 23.1 Å². The van der Waals surface area contributed by atoms with Crippen molar-refractivity contribution in [3.63, 3.8) is 0 Å². The molecule has 2 aromatic heterocycles. The summed E-state index contributed by atoms with van der Waals surface area (Å²) in [5.41, 5.74) is 9.92. The van der Waals surface area contributed by atoms with Gasteiger partial charge in [-0.25, -0.2) is 9.97 Å². The molecule has 0 atom stereocenters. The molecule has 0 aliphatic rings. The number of rotatable bonds is 4. The van der Waals surface area contributed by atoms with Gasteiger partial charge in [0.15, 0.2) is 0 Å². The number of pyridine rings is 1. The van der Waals surface area contributed by atoms with E-state index in [2.05, 4.69) is 9.97 Å². The van der Waals surface area contributed by atoms with E-state index in [1.165, 1.54) is 0 Å². The number of nitrogen functional groups attached to an aromatic ring is 1. The Bertz CT molecular complexity index is 623. The third kappa shape index (κ3) is 3.14. The zero-order valence-corrected chi connectivity index (χ0v) is 12.7. The zero-order chi connectivity index (χ0) is 14.7. The maximum absolute atomic E-state index is 12.4. The lowest BCUT2D eigenvalue weighted by Crippen LogP contribution is -2.26. The first-order chi connectivity index (χ1) is 9.51. The molecule has 0 saturated carbocycles. The molecule has 2 aromatic rings. The Morgan fingerprint density at radius 1 is 1.45 bits per heavy atom. The summed E-state index contributed by atoms with van der Waals surface area (Å²) in [4.78, 5) is 23.6. The van der Waals surface area contributed by atoms with E-state index in [0.29, 0.717) is 17.9 Å². The minimum Gasteiger partial charge on any atom is -0.384 e. The van der Waals surface area contributed by atoms with Crippen LogP contribution >= 0.6 is 11.3 Å². The summed E-state index contributed by atoms with van der Waals surface area (Å²) in [5, 5.41) is 0. The van der Waals surface area contributed by atoms with Gasteiger partial charge in [-0.2, -0.15) is 0 Å². The quantitative estimate of drug-likeness (QED) is 0.937. The number of amides is 1. The Labute approximate surface area is 122 Å². The number of carbonyl (C=O) groups is 1. The summed E-state index contributed by atoms with van der Waals surface area (Å²) in [6.07, 6.45) is 0.753. The monoisotopic (exact) mass is 290 g/mol. The number of hydrogen-bond donors (Lipinski definition) is 1. The summed E-state index contributed by atoms with van der Waals surface area (Å²) in [6.45, 7) is 4.49. The molecule has 0 spiro atoms. The van der Waals surface area contributed by atoms with Crippen molar-refractivity contribution in [3.05, 3.63) is 39.5 Å². The molecule has 2 heterocycles. The van der Waals surface area contributed by atoms with Crippen LogP contribution in [-0.4, -0.2) is 27.8 Å². The molecule has 0 saturated heterocycles. The van der Waals surface area contributed by atoms with Crippen molar-refractivity contribution in [2.75, 3.05) is 12.8 Å². The molecule has 0 fully saturated rings. The highest BCUT2D eigenvalue weighted by atomic mass is 32.1. The molecule has 2 N–H and O–H groups in total. The second-order valence-corrected chi connectivity index (χ2v) is 5.59. The van der Waals surface area contributed by atoms with Crippen LogP contribution in [0.4, 0.5) is 5.82 Å². The maximum atomic E-state index is 12.4. The van der Waals surface area contributed by atoms with Crippen molar-refractivity contribution in [3.8, 4) is 0 Å². The molecule has 0 unspecified atom stereocenters. The highest BCUT2D eigenvalue weighted by molar-refractivity contribution is 7.09. The largest absolute Gasteiger partial charge is 0.384 e. The van der Waals surface area contributed by atoms with E-state index in [0.717, 1.165) is 22.7 Å². The third-order valence-electron chi connectivity index (χ3n) is 3.08. The van der Waals surface area contributed by atoms with Gasteiger partial charge in [-0.15, -0.1) is 11.3 Å². The Balaban J connectivity index is 2.18. The predicted octanol–water partition coefficient (Wildman–Crippen LogP) is 2.26. The average molecular weight is 290 g/mol. The van der Waals surface area contributed by atoms with Gasteiger partial charge in [0.2, 0.25) is 0 Å². The molecule has 106 valence electrons. The van der Waals surface area contributed by atoms with E-state index in [1.807, 2.05) is 13.8 Å². The average Bonchev–Trinajstić information content (AvgIpc) is 2.82. The van der Waals surface area contributed by atoms with Crippen molar-refractivity contribution in [1.82, 2.24) is 14.9 Å². The van der Waals surface area contributed by atoms with Gasteiger partial charge in [-0.3, -0.25) is 4.79 Å². The lowest BCUT2D eigenvalue weighted by atomic mass is 10.1. The minimum absolute atomic E-state index is 0.0541. The Morgan fingerprint density at radius 2 is 2.20 bits per heavy atom. The van der Waals surface area contributed by atoms with Gasteiger partial charge in [0.1, 0.15) is 5.82 Å². The van der Waals surface area contributed by atoms with Crippen molar-refractivity contribution in [2.45, 2.75) is 26.8 Å². The molecular formula is C14H18N4OS. The molecule has 2 rings (SSSR count). The van der Waals surface area contributed by atoms with Crippen molar-refractivity contribution < 1.29 is 4.79 Å². The molecular weight excluding hydrogens is 272 g/mol. The highest BCUT2D eigenvalue weighted by Crippen LogP contribution is 2.17. The lowest BCUT2D eigenvalue weighted by molar-refractivity contribution is 0.0786. The molecule has 0 aliphatic carbocycles. The first kappa shape index (κ1) is 14.5. The fourth-order valence-corrected chi connectivity index (χ4v) is 2.73. The van der Waals surface area contributed by atoms with E-state index in [-0.39, 0.29) is 5.91 Å². The second-order valence-electron chi connectivity index (χ2n) is 4.65. The summed E-state index contributed by atoms with van der Waals surface area (Å²) in [5.74, 6) is 0.330. The van der Waals surface area contributed by atoms with Crippen LogP contribution < -0.4 is 5.73 Å². The van der Waals surface area contributed by atoms with Gasteiger partial charge in [0.05, 0.1) is 17.7 Å². The standard InChI is InChI=1S/C14H18N4OS/c1-4-11-5-10(6-13(15)17-11)14(19)18(3)7-12-9(2)16-8-20-12/h5-6,8H,4,7H2,1-3H3,(H2,15,17). The molecule has 5 nitrogen and oxygen atoms in total. The minimum atomic E-state index is -0.0541. The number of aryl methyl sites for hydroxylation is 2. The second kappa shape index (κ2) is 6.00. The van der Waals surface area contributed by atoms with Gasteiger partial charge < -0.3 is 10.6 Å². The van der Waals surface area contributed by atoms with Gasteiger partial charge in [-0.05, 0) is 25.5 Å². The highest BCUT2D eigenvalue weighted by Gasteiger charge is 2.15. The van der Waals surface area contributed by atoms with Crippen LogP contribution in [0.25, 0.3) is 0 Å². The molecule has 0 radical (unpaired) electrons. The Hall–Kier alpha value is -1.95. The van der Waals surface area contributed by atoms with Crippen LogP contribution in [0.3, 0.4) is 0 Å². The van der Waals surface area contributed by atoms with E-state index in [1.54, 1.807) is 40.9 Å². The fraction of sp³-hybridized carbons (Fsp3) is 0.357. The van der Waals surface area contributed by atoms with Crippen molar-refractivity contribution in [2.24, 2.45) is 0 Å². The number of carbonyl (C=O) groups excluding carboxylic acids is 1. The first-order valence-electron chi connectivity index (χ1n) is 6.42. The molecule has 0 bridgehead atoms. The van der Waals surface area contributed by atoms with E-state index in [9.17, 15) is 4.79 Å². The van der Waals surface area contributed by atoms with E-state index in [4.69, 9.17) is 5.73 Å². The normalized spacial score (nSPS) is 10.6. The topological polar surface area (TPSA) is 72.1 Å².